The average Bonchev–Trinajstić information content (AvgIpc) is 4.05. The largest absolute Gasteiger partial charge is 0.309 e. The summed E-state index contributed by atoms with van der Waals surface area (Å²) in [5.74, 6) is 0.428. The molecule has 9 aromatic carbocycles. The van der Waals surface area contributed by atoms with Gasteiger partial charge in [-0.05, 0) is 104 Å². The van der Waals surface area contributed by atoms with Gasteiger partial charge in [0.2, 0.25) is 0 Å². The van der Waals surface area contributed by atoms with Gasteiger partial charge in [-0.2, -0.15) is 0 Å². The molecule has 65 heavy (non-hydrogen) atoms. The van der Waals surface area contributed by atoms with E-state index in [-0.39, 0.29) is 11.8 Å². The fourth-order valence-electron chi connectivity index (χ4n) is 11.2. The van der Waals surface area contributed by atoms with E-state index < -0.39 is 0 Å². The molecule has 2 aliphatic rings. The van der Waals surface area contributed by atoms with Gasteiger partial charge in [-0.25, -0.2) is 0 Å². The maximum Gasteiger partial charge on any atom is 0.0541 e. The Morgan fingerprint density at radius 2 is 0.954 bits per heavy atom. The second kappa shape index (κ2) is 14.5. The first-order valence-corrected chi connectivity index (χ1v) is 24.1. The molecule has 0 spiro atoms. The lowest BCUT2D eigenvalue weighted by Gasteiger charge is -2.37. The summed E-state index contributed by atoms with van der Waals surface area (Å²) in [6.45, 7) is 0. The van der Waals surface area contributed by atoms with Crippen molar-refractivity contribution in [1.82, 2.24) is 4.57 Å². The molecular formula is C62H39NS2. The van der Waals surface area contributed by atoms with Crippen molar-refractivity contribution in [2.24, 2.45) is 5.92 Å². The van der Waals surface area contributed by atoms with E-state index in [9.17, 15) is 0 Å². The van der Waals surface area contributed by atoms with Gasteiger partial charge in [-0.3, -0.25) is 0 Å². The molecule has 3 aromatic heterocycles. The number of hydrogen-bond donors (Lipinski definition) is 0. The fraction of sp³-hybridized carbons (Fsp3) is 0.0323. The topological polar surface area (TPSA) is 4.93 Å². The van der Waals surface area contributed by atoms with Crippen LogP contribution in [0.4, 0.5) is 0 Å². The number of allylic oxidation sites excluding steroid dienone is 5. The predicted octanol–water partition coefficient (Wildman–Crippen LogP) is 17.5. The molecule has 0 saturated heterocycles. The highest BCUT2D eigenvalue weighted by Crippen LogP contribution is 2.51. The summed E-state index contributed by atoms with van der Waals surface area (Å²) in [6.07, 6.45) is 9.18. The van der Waals surface area contributed by atoms with Crippen LogP contribution in [0.5, 0.6) is 0 Å². The molecular weight excluding hydrogens is 823 g/mol. The standard InChI is InChI=1S/C62H39NS2/c1-2-14-38(15-3-1)59-47-18-4-6-20-49(47)60(50-21-7-5-19-48(50)59)39-28-32-42(33-29-39)63-55-34-30-40(43-22-12-24-51-45-16-8-10-26-57(45)64-61(43)51)36-53(55)54-37-41(31-35-56(54)63)44-23-13-25-52-46-17-9-11-27-58(46)65-62(44)52/h1-37,49,60H. The third-order valence-corrected chi connectivity index (χ3v) is 16.5. The van der Waals surface area contributed by atoms with Crippen LogP contribution in [0.1, 0.15) is 28.2 Å². The highest BCUT2D eigenvalue weighted by molar-refractivity contribution is 7.26. The van der Waals surface area contributed by atoms with Crippen molar-refractivity contribution in [1.29, 1.82) is 0 Å². The van der Waals surface area contributed by atoms with Crippen molar-refractivity contribution in [2.45, 2.75) is 5.92 Å². The normalized spacial score (nSPS) is 15.8. The molecule has 3 heterocycles. The van der Waals surface area contributed by atoms with E-state index in [4.69, 9.17) is 0 Å². The molecule has 0 bridgehead atoms. The van der Waals surface area contributed by atoms with Gasteiger partial charge in [0, 0.05) is 68.6 Å². The quantitative estimate of drug-likeness (QED) is 0.162. The molecule has 0 aliphatic heterocycles. The van der Waals surface area contributed by atoms with E-state index in [1.807, 2.05) is 22.7 Å². The molecule has 0 amide bonds. The van der Waals surface area contributed by atoms with E-state index in [0.717, 1.165) is 5.69 Å². The zero-order chi connectivity index (χ0) is 42.6. The fourth-order valence-corrected chi connectivity index (χ4v) is 13.7. The zero-order valence-electron chi connectivity index (χ0n) is 35.3. The second-order valence-electron chi connectivity index (χ2n) is 17.5. The van der Waals surface area contributed by atoms with Crippen LogP contribution in [-0.4, -0.2) is 4.57 Å². The summed E-state index contributed by atoms with van der Waals surface area (Å²) in [5, 5.41) is 7.81. The Hall–Kier alpha value is -7.56. The summed E-state index contributed by atoms with van der Waals surface area (Å²) >= 11 is 3.79. The summed E-state index contributed by atoms with van der Waals surface area (Å²) in [4.78, 5) is 0. The molecule has 0 saturated carbocycles. The summed E-state index contributed by atoms with van der Waals surface area (Å²) in [7, 11) is 0. The Morgan fingerprint density at radius 1 is 0.400 bits per heavy atom. The third kappa shape index (κ3) is 5.63. The molecule has 14 rings (SSSR count). The van der Waals surface area contributed by atoms with Crippen LogP contribution < -0.4 is 0 Å². The Labute approximate surface area is 384 Å². The van der Waals surface area contributed by atoms with E-state index in [0.29, 0.717) is 0 Å². The van der Waals surface area contributed by atoms with Crippen molar-refractivity contribution in [3.8, 4) is 27.9 Å². The molecule has 2 aliphatic carbocycles. The second-order valence-corrected chi connectivity index (χ2v) is 19.6. The Bertz CT molecular complexity index is 3830. The number of thiophene rings is 2. The van der Waals surface area contributed by atoms with Gasteiger partial charge in [0.15, 0.2) is 0 Å². The molecule has 0 radical (unpaired) electrons. The molecule has 1 nitrogen and oxygen atoms in total. The van der Waals surface area contributed by atoms with Crippen molar-refractivity contribution in [3.63, 3.8) is 0 Å². The molecule has 2 atom stereocenters. The van der Waals surface area contributed by atoms with Gasteiger partial charge >= 0.3 is 0 Å². The Morgan fingerprint density at radius 3 is 1.60 bits per heavy atom. The number of fused-ring (bicyclic) bond motifs is 11. The minimum absolute atomic E-state index is 0.195. The lowest BCUT2D eigenvalue weighted by molar-refractivity contribution is 0.649. The lowest BCUT2D eigenvalue weighted by Crippen LogP contribution is -2.22. The maximum atomic E-state index is 2.49. The first-order chi connectivity index (χ1) is 32.2. The van der Waals surface area contributed by atoms with E-state index in [2.05, 4.69) is 229 Å². The van der Waals surface area contributed by atoms with Crippen molar-refractivity contribution < 1.29 is 0 Å². The van der Waals surface area contributed by atoms with Crippen LogP contribution in [0.3, 0.4) is 0 Å². The highest BCUT2D eigenvalue weighted by atomic mass is 32.1. The lowest BCUT2D eigenvalue weighted by atomic mass is 9.66. The number of aromatic nitrogens is 1. The smallest absolute Gasteiger partial charge is 0.0541 e. The summed E-state index contributed by atoms with van der Waals surface area (Å²) < 4.78 is 7.82. The first-order valence-electron chi connectivity index (χ1n) is 22.5. The van der Waals surface area contributed by atoms with Crippen LogP contribution >= 0.6 is 22.7 Å². The maximum absolute atomic E-state index is 2.49. The minimum Gasteiger partial charge on any atom is -0.309 e. The minimum atomic E-state index is 0.195. The van der Waals surface area contributed by atoms with Crippen molar-refractivity contribution >= 4 is 90.4 Å². The first kappa shape index (κ1) is 36.9. The molecule has 2 unspecified atom stereocenters. The molecule has 3 heteroatoms. The van der Waals surface area contributed by atoms with E-state index >= 15 is 0 Å². The SMILES string of the molecule is C1=CC2=C(c3ccccc3)c3ccccc3C(c3ccc(-n4c5ccc(-c6cccc7c6sc6ccccc67)cc5c5cc(-c6cccc7c6sc6ccccc67)ccc54)cc3)C2C=C1. The Balaban J connectivity index is 0.948. The van der Waals surface area contributed by atoms with Gasteiger partial charge in [0.25, 0.3) is 0 Å². The van der Waals surface area contributed by atoms with Crippen LogP contribution in [0, 0.1) is 5.92 Å². The Kier molecular flexibility index (Phi) is 8.22. The average molecular weight is 862 g/mol. The zero-order valence-corrected chi connectivity index (χ0v) is 36.9. The molecule has 0 fully saturated rings. The number of rotatable bonds is 5. The van der Waals surface area contributed by atoms with Gasteiger partial charge in [0.1, 0.15) is 0 Å². The van der Waals surface area contributed by atoms with Crippen LogP contribution in [-0.2, 0) is 0 Å². The summed E-state index contributed by atoms with van der Waals surface area (Å²) in [5.41, 5.74) is 16.7. The van der Waals surface area contributed by atoms with Gasteiger partial charge in [-0.15, -0.1) is 22.7 Å². The molecule has 304 valence electrons. The van der Waals surface area contributed by atoms with Crippen LogP contribution in [0.25, 0.3) is 95.7 Å². The number of benzene rings is 9. The van der Waals surface area contributed by atoms with Crippen molar-refractivity contribution in [2.75, 3.05) is 0 Å². The monoisotopic (exact) mass is 861 g/mol. The number of nitrogens with zero attached hydrogens (tertiary/aromatic N) is 1. The molecule has 12 aromatic rings. The van der Waals surface area contributed by atoms with E-state index in [1.165, 1.54) is 118 Å². The van der Waals surface area contributed by atoms with Crippen LogP contribution in [0.2, 0.25) is 0 Å². The highest BCUT2D eigenvalue weighted by Gasteiger charge is 2.35. The summed E-state index contributed by atoms with van der Waals surface area (Å²) in [6, 6.07) is 75.0. The predicted molar refractivity (Wildman–Crippen MR) is 280 cm³/mol. The van der Waals surface area contributed by atoms with Gasteiger partial charge < -0.3 is 4.57 Å². The van der Waals surface area contributed by atoms with Crippen molar-refractivity contribution in [3.05, 3.63) is 252 Å². The molecule has 0 N–H and O–H groups in total. The van der Waals surface area contributed by atoms with Gasteiger partial charge in [0.05, 0.1) is 11.0 Å². The van der Waals surface area contributed by atoms with E-state index in [1.54, 1.807) is 0 Å². The van der Waals surface area contributed by atoms with Crippen LogP contribution in [0.15, 0.2) is 230 Å². The van der Waals surface area contributed by atoms with Gasteiger partial charge in [-0.1, -0.05) is 176 Å². The number of hydrogen-bond acceptors (Lipinski definition) is 2. The third-order valence-electron chi connectivity index (χ3n) is 14.0.